The highest BCUT2D eigenvalue weighted by Crippen LogP contribution is 2.27. The largest absolute Gasteiger partial charge is 0.312 e. The highest BCUT2D eigenvalue weighted by molar-refractivity contribution is 7.92. The zero-order valence-electron chi connectivity index (χ0n) is 8.54. The molecule has 0 atom stereocenters. The van der Waals surface area contributed by atoms with Crippen LogP contribution < -0.4 is 5.32 Å². The van der Waals surface area contributed by atoms with E-state index in [1.54, 1.807) is 0 Å². The van der Waals surface area contributed by atoms with Gasteiger partial charge in [-0.05, 0) is 18.9 Å². The van der Waals surface area contributed by atoms with Gasteiger partial charge in [-0.2, -0.15) is 0 Å². The minimum atomic E-state index is -2.64. The Bertz CT molecular complexity index is 268. The third-order valence-electron chi connectivity index (χ3n) is 3.37. The molecule has 0 radical (unpaired) electrons. The van der Waals surface area contributed by atoms with Crippen LogP contribution in [0.15, 0.2) is 0 Å². The fourth-order valence-corrected chi connectivity index (χ4v) is 3.84. The molecule has 0 aromatic heterocycles. The van der Waals surface area contributed by atoms with Crippen LogP contribution in [0.25, 0.3) is 0 Å². The fourth-order valence-electron chi connectivity index (χ4n) is 2.47. The van der Waals surface area contributed by atoms with Crippen molar-refractivity contribution in [3.8, 4) is 0 Å². The third kappa shape index (κ3) is 2.70. The average molecular weight is 217 g/mol. The molecule has 14 heavy (non-hydrogen) atoms. The SMILES string of the molecule is O=S1(=O)CC(NCCC2CCCC2)C1. The number of rotatable bonds is 4. The van der Waals surface area contributed by atoms with Gasteiger partial charge < -0.3 is 5.32 Å². The van der Waals surface area contributed by atoms with E-state index in [2.05, 4.69) is 5.32 Å². The van der Waals surface area contributed by atoms with Crippen molar-refractivity contribution in [2.45, 2.75) is 38.1 Å². The van der Waals surface area contributed by atoms with E-state index < -0.39 is 9.84 Å². The van der Waals surface area contributed by atoms with E-state index >= 15 is 0 Å². The maximum Gasteiger partial charge on any atom is 0.153 e. The van der Waals surface area contributed by atoms with Crippen molar-refractivity contribution in [2.24, 2.45) is 5.92 Å². The molecule has 82 valence electrons. The Hall–Kier alpha value is -0.0900. The smallest absolute Gasteiger partial charge is 0.153 e. The van der Waals surface area contributed by atoms with E-state index in [1.807, 2.05) is 0 Å². The van der Waals surface area contributed by atoms with Crippen LogP contribution in [0, 0.1) is 5.92 Å². The van der Waals surface area contributed by atoms with Crippen LogP contribution in [-0.2, 0) is 9.84 Å². The van der Waals surface area contributed by atoms with Crippen LogP contribution in [0.5, 0.6) is 0 Å². The van der Waals surface area contributed by atoms with Gasteiger partial charge >= 0.3 is 0 Å². The predicted octanol–water partition coefficient (Wildman–Crippen LogP) is 0.953. The predicted molar refractivity (Wildman–Crippen MR) is 57.0 cm³/mol. The molecule has 4 heteroatoms. The van der Waals surface area contributed by atoms with Crippen molar-refractivity contribution < 1.29 is 8.42 Å². The van der Waals surface area contributed by atoms with Crippen LogP contribution >= 0.6 is 0 Å². The van der Waals surface area contributed by atoms with E-state index in [4.69, 9.17) is 0 Å². The Balaban J connectivity index is 1.56. The van der Waals surface area contributed by atoms with E-state index in [0.29, 0.717) is 11.5 Å². The zero-order valence-corrected chi connectivity index (χ0v) is 9.35. The third-order valence-corrected chi connectivity index (χ3v) is 5.19. The lowest BCUT2D eigenvalue weighted by Crippen LogP contribution is -2.51. The summed E-state index contributed by atoms with van der Waals surface area (Å²) in [6, 6.07) is 0.251. The quantitative estimate of drug-likeness (QED) is 0.762. The lowest BCUT2D eigenvalue weighted by atomic mass is 10.0. The maximum atomic E-state index is 10.9. The minimum absolute atomic E-state index is 0.251. The molecule has 1 aliphatic carbocycles. The molecule has 2 rings (SSSR count). The normalized spacial score (nSPS) is 27.7. The van der Waals surface area contributed by atoms with Crippen molar-refractivity contribution in [1.29, 1.82) is 0 Å². The van der Waals surface area contributed by atoms with Crippen molar-refractivity contribution in [2.75, 3.05) is 18.1 Å². The molecule has 0 aromatic rings. The van der Waals surface area contributed by atoms with Crippen molar-refractivity contribution >= 4 is 9.84 Å². The summed E-state index contributed by atoms with van der Waals surface area (Å²) in [4.78, 5) is 0. The molecule has 1 saturated carbocycles. The van der Waals surface area contributed by atoms with Gasteiger partial charge in [0, 0.05) is 6.04 Å². The Morgan fingerprint density at radius 3 is 2.36 bits per heavy atom. The molecule has 1 aliphatic heterocycles. The Labute approximate surface area is 86.2 Å². The molecule has 0 amide bonds. The summed E-state index contributed by atoms with van der Waals surface area (Å²) in [5, 5.41) is 3.32. The van der Waals surface area contributed by atoms with E-state index in [-0.39, 0.29) is 6.04 Å². The molecule has 1 heterocycles. The first-order valence-corrected chi connectivity index (χ1v) is 7.42. The molecule has 3 nitrogen and oxygen atoms in total. The summed E-state index contributed by atoms with van der Waals surface area (Å²) >= 11 is 0. The van der Waals surface area contributed by atoms with Crippen LogP contribution in [0.3, 0.4) is 0 Å². The van der Waals surface area contributed by atoms with Gasteiger partial charge in [0.15, 0.2) is 9.84 Å². The second-order valence-electron chi connectivity index (χ2n) is 4.67. The van der Waals surface area contributed by atoms with E-state index in [1.165, 1.54) is 32.1 Å². The van der Waals surface area contributed by atoms with Crippen molar-refractivity contribution in [1.82, 2.24) is 5.32 Å². The van der Waals surface area contributed by atoms with Crippen LogP contribution in [-0.4, -0.2) is 32.5 Å². The summed E-state index contributed by atoms with van der Waals surface area (Å²) in [7, 11) is -2.64. The van der Waals surface area contributed by atoms with Crippen molar-refractivity contribution in [3.05, 3.63) is 0 Å². The maximum absolute atomic E-state index is 10.9. The van der Waals surface area contributed by atoms with Gasteiger partial charge in [-0.1, -0.05) is 25.7 Å². The monoisotopic (exact) mass is 217 g/mol. The minimum Gasteiger partial charge on any atom is -0.312 e. The van der Waals surface area contributed by atoms with Crippen LogP contribution in [0.2, 0.25) is 0 Å². The first-order valence-electron chi connectivity index (χ1n) is 5.59. The molecular formula is C10H19NO2S. The second kappa shape index (κ2) is 4.19. The van der Waals surface area contributed by atoms with Gasteiger partial charge in [-0.15, -0.1) is 0 Å². The Kier molecular flexibility index (Phi) is 3.12. The average Bonchev–Trinajstić information content (AvgIpc) is 2.53. The first-order chi connectivity index (χ1) is 6.66. The summed E-state index contributed by atoms with van der Waals surface area (Å²) in [6.45, 7) is 1.00. The summed E-state index contributed by atoms with van der Waals surface area (Å²) in [6.07, 6.45) is 6.77. The lowest BCUT2D eigenvalue weighted by molar-refractivity contribution is 0.446. The van der Waals surface area contributed by atoms with Gasteiger partial charge in [0.25, 0.3) is 0 Å². The number of hydrogen-bond donors (Lipinski definition) is 1. The van der Waals surface area contributed by atoms with Gasteiger partial charge in [0.1, 0.15) is 0 Å². The van der Waals surface area contributed by atoms with Gasteiger partial charge in [-0.25, -0.2) is 8.42 Å². The number of hydrogen-bond acceptors (Lipinski definition) is 3. The summed E-state index contributed by atoms with van der Waals surface area (Å²) in [5.41, 5.74) is 0. The Morgan fingerprint density at radius 1 is 1.14 bits per heavy atom. The van der Waals surface area contributed by atoms with Gasteiger partial charge in [-0.3, -0.25) is 0 Å². The summed E-state index contributed by atoms with van der Waals surface area (Å²) in [5.74, 6) is 1.62. The molecule has 2 aliphatic rings. The van der Waals surface area contributed by atoms with E-state index in [9.17, 15) is 8.42 Å². The van der Waals surface area contributed by atoms with Gasteiger partial charge in [0.05, 0.1) is 11.5 Å². The highest BCUT2D eigenvalue weighted by Gasteiger charge is 2.32. The summed E-state index contributed by atoms with van der Waals surface area (Å²) < 4.78 is 21.8. The standard InChI is InChI=1S/C10H19NO2S/c12-14(13)7-10(8-14)11-6-5-9-3-1-2-4-9/h9-11H,1-8H2. The zero-order chi connectivity index (χ0) is 10.0. The molecule has 0 spiro atoms. The molecule has 2 fully saturated rings. The molecule has 0 aromatic carbocycles. The highest BCUT2D eigenvalue weighted by atomic mass is 32.2. The topological polar surface area (TPSA) is 46.2 Å². The van der Waals surface area contributed by atoms with Gasteiger partial charge in [0.2, 0.25) is 0 Å². The second-order valence-corrected chi connectivity index (χ2v) is 6.82. The molecule has 0 bridgehead atoms. The molecule has 1 N–H and O–H groups in total. The molecule has 1 saturated heterocycles. The lowest BCUT2D eigenvalue weighted by Gasteiger charge is -2.27. The molecular weight excluding hydrogens is 198 g/mol. The first kappa shape index (κ1) is 10.4. The molecule has 0 unspecified atom stereocenters. The van der Waals surface area contributed by atoms with E-state index in [0.717, 1.165) is 12.5 Å². The Morgan fingerprint density at radius 2 is 1.79 bits per heavy atom. The van der Waals surface area contributed by atoms with Crippen molar-refractivity contribution in [3.63, 3.8) is 0 Å². The number of sulfone groups is 1. The van der Waals surface area contributed by atoms with Crippen LogP contribution in [0.4, 0.5) is 0 Å². The number of nitrogens with one attached hydrogen (secondary N) is 1. The van der Waals surface area contributed by atoms with Crippen LogP contribution in [0.1, 0.15) is 32.1 Å². The fraction of sp³-hybridized carbons (Fsp3) is 1.00.